The highest BCUT2D eigenvalue weighted by atomic mass is 16.2. The van der Waals surface area contributed by atoms with Crippen molar-refractivity contribution in [2.75, 3.05) is 19.6 Å². The molecule has 3 rings (SSSR count). The van der Waals surface area contributed by atoms with Crippen LogP contribution in [0.25, 0.3) is 0 Å². The molecule has 0 bridgehead atoms. The van der Waals surface area contributed by atoms with Crippen LogP contribution in [0.3, 0.4) is 0 Å². The molecule has 2 aliphatic rings. The van der Waals surface area contributed by atoms with Crippen LogP contribution in [0.1, 0.15) is 49.5 Å². The first-order valence-corrected chi connectivity index (χ1v) is 9.34. The van der Waals surface area contributed by atoms with E-state index >= 15 is 0 Å². The number of hydrogen-bond donors (Lipinski definition) is 1. The van der Waals surface area contributed by atoms with Gasteiger partial charge in [0, 0.05) is 43.9 Å². The third-order valence-electron chi connectivity index (χ3n) is 5.00. The van der Waals surface area contributed by atoms with E-state index in [1.807, 2.05) is 11.8 Å². The molecule has 1 aromatic heterocycles. The monoisotopic (exact) mass is 344 g/mol. The third kappa shape index (κ3) is 4.17. The Morgan fingerprint density at radius 1 is 1.32 bits per heavy atom. The van der Waals surface area contributed by atoms with Crippen LogP contribution in [-0.4, -0.2) is 46.3 Å². The highest BCUT2D eigenvalue weighted by molar-refractivity contribution is 5.89. The van der Waals surface area contributed by atoms with Gasteiger partial charge >= 0.3 is 0 Å². The molecule has 1 aliphatic carbocycles. The predicted molar refractivity (Wildman–Crippen MR) is 95.0 cm³/mol. The summed E-state index contributed by atoms with van der Waals surface area (Å²) in [4.78, 5) is 35.3. The van der Waals surface area contributed by atoms with Gasteiger partial charge in [0.1, 0.15) is 5.82 Å². The lowest BCUT2D eigenvalue weighted by Gasteiger charge is -2.18. The number of fused-ring (bicyclic) bond motifs is 1. The van der Waals surface area contributed by atoms with Gasteiger partial charge in [0.05, 0.1) is 5.92 Å². The van der Waals surface area contributed by atoms with Crippen LogP contribution in [-0.2, 0) is 28.9 Å². The van der Waals surface area contributed by atoms with E-state index in [0.717, 1.165) is 37.3 Å². The van der Waals surface area contributed by atoms with E-state index in [-0.39, 0.29) is 17.7 Å². The minimum atomic E-state index is -0.228. The van der Waals surface area contributed by atoms with Crippen LogP contribution in [0, 0.1) is 18.8 Å². The van der Waals surface area contributed by atoms with Crippen molar-refractivity contribution in [3.63, 3.8) is 0 Å². The van der Waals surface area contributed by atoms with Gasteiger partial charge in [-0.2, -0.15) is 0 Å². The zero-order chi connectivity index (χ0) is 18.0. The largest absolute Gasteiger partial charge is 0.355 e. The number of carbonyl (C=O) groups is 2. The van der Waals surface area contributed by atoms with Gasteiger partial charge in [0.15, 0.2) is 0 Å². The number of likely N-dealkylation sites (tertiary alicyclic amines) is 1. The van der Waals surface area contributed by atoms with Crippen molar-refractivity contribution >= 4 is 11.8 Å². The first kappa shape index (κ1) is 17.8. The number of hydrogen-bond acceptors (Lipinski definition) is 4. The summed E-state index contributed by atoms with van der Waals surface area (Å²) in [5.41, 5.74) is 3.57. The summed E-state index contributed by atoms with van der Waals surface area (Å²) in [5, 5.41) is 2.96. The molecule has 2 amide bonds. The Hall–Kier alpha value is -1.98. The summed E-state index contributed by atoms with van der Waals surface area (Å²) >= 11 is 0. The number of carbonyl (C=O) groups excluding carboxylic acids is 2. The average Bonchev–Trinajstić information content (AvgIpc) is 3.14. The molecular formula is C19H28N4O2. The SMILES string of the molecule is Cc1nc(CCNC(=O)[C@H]2CC(=O)N(CC(C)C)C2)nc2c1CCC2. The molecule has 136 valence electrons. The molecule has 0 unspecified atom stereocenters. The second kappa shape index (κ2) is 7.50. The minimum absolute atomic E-state index is 0.0301. The summed E-state index contributed by atoms with van der Waals surface area (Å²) in [6.45, 7) is 7.99. The third-order valence-corrected chi connectivity index (χ3v) is 5.00. The quantitative estimate of drug-likeness (QED) is 0.847. The van der Waals surface area contributed by atoms with Gasteiger partial charge in [-0.05, 0) is 37.7 Å². The molecule has 1 aliphatic heterocycles. The van der Waals surface area contributed by atoms with E-state index in [9.17, 15) is 9.59 Å². The van der Waals surface area contributed by atoms with Crippen molar-refractivity contribution < 1.29 is 9.59 Å². The second-order valence-electron chi connectivity index (χ2n) is 7.64. The normalized spacial score (nSPS) is 19.6. The molecule has 6 nitrogen and oxygen atoms in total. The molecule has 1 aromatic rings. The lowest BCUT2D eigenvalue weighted by Crippen LogP contribution is -2.35. The van der Waals surface area contributed by atoms with E-state index < -0.39 is 0 Å². The van der Waals surface area contributed by atoms with Crippen molar-refractivity contribution in [2.24, 2.45) is 11.8 Å². The molecule has 0 spiro atoms. The summed E-state index contributed by atoms with van der Waals surface area (Å²) in [7, 11) is 0. The van der Waals surface area contributed by atoms with Crippen LogP contribution in [0.15, 0.2) is 0 Å². The second-order valence-corrected chi connectivity index (χ2v) is 7.64. The standard InChI is InChI=1S/C19H28N4O2/c1-12(2)10-23-11-14(9-18(23)24)19(25)20-8-7-17-21-13(3)15-5-4-6-16(15)22-17/h12,14H,4-11H2,1-3H3,(H,20,25)/t14-/m0/s1. The molecular weight excluding hydrogens is 316 g/mol. The van der Waals surface area contributed by atoms with Gasteiger partial charge in [0.2, 0.25) is 11.8 Å². The highest BCUT2D eigenvalue weighted by Crippen LogP contribution is 2.22. The van der Waals surface area contributed by atoms with E-state index in [2.05, 4.69) is 29.1 Å². The van der Waals surface area contributed by atoms with Crippen LogP contribution >= 0.6 is 0 Å². The van der Waals surface area contributed by atoms with Crippen molar-refractivity contribution in [3.05, 3.63) is 22.8 Å². The number of amides is 2. The van der Waals surface area contributed by atoms with Crippen LogP contribution < -0.4 is 5.32 Å². The van der Waals surface area contributed by atoms with Gasteiger partial charge in [-0.15, -0.1) is 0 Å². The van der Waals surface area contributed by atoms with Gasteiger partial charge < -0.3 is 10.2 Å². The summed E-state index contributed by atoms with van der Waals surface area (Å²) in [6.07, 6.45) is 4.24. The molecule has 1 fully saturated rings. The fourth-order valence-electron chi connectivity index (χ4n) is 3.80. The number of aryl methyl sites for hydroxylation is 2. The Bertz CT molecular complexity index is 672. The van der Waals surface area contributed by atoms with E-state index in [1.54, 1.807) is 0 Å². The highest BCUT2D eigenvalue weighted by Gasteiger charge is 2.34. The molecule has 1 N–H and O–H groups in total. The fourth-order valence-corrected chi connectivity index (χ4v) is 3.80. The molecule has 25 heavy (non-hydrogen) atoms. The van der Waals surface area contributed by atoms with Crippen molar-refractivity contribution in [1.29, 1.82) is 0 Å². The maximum Gasteiger partial charge on any atom is 0.225 e. The maximum absolute atomic E-state index is 12.3. The van der Waals surface area contributed by atoms with Crippen molar-refractivity contribution in [3.8, 4) is 0 Å². The van der Waals surface area contributed by atoms with E-state index in [4.69, 9.17) is 0 Å². The Morgan fingerprint density at radius 2 is 2.12 bits per heavy atom. The molecule has 1 saturated heterocycles. The molecule has 0 saturated carbocycles. The predicted octanol–water partition coefficient (Wildman–Crippen LogP) is 1.44. The molecule has 6 heteroatoms. The summed E-state index contributed by atoms with van der Waals surface area (Å²) in [5.74, 6) is 1.06. The molecule has 0 aromatic carbocycles. The van der Waals surface area contributed by atoms with E-state index in [1.165, 1.54) is 11.3 Å². The van der Waals surface area contributed by atoms with Crippen LogP contribution in [0.4, 0.5) is 0 Å². The Balaban J connectivity index is 1.49. The summed E-state index contributed by atoms with van der Waals surface area (Å²) in [6, 6.07) is 0. The topological polar surface area (TPSA) is 75.2 Å². The summed E-state index contributed by atoms with van der Waals surface area (Å²) < 4.78 is 0. The Morgan fingerprint density at radius 3 is 2.88 bits per heavy atom. The van der Waals surface area contributed by atoms with Gasteiger partial charge in [-0.1, -0.05) is 13.8 Å². The van der Waals surface area contributed by atoms with Crippen molar-refractivity contribution in [2.45, 2.75) is 52.9 Å². The maximum atomic E-state index is 12.3. The molecule has 2 heterocycles. The van der Waals surface area contributed by atoms with Crippen molar-refractivity contribution in [1.82, 2.24) is 20.2 Å². The first-order valence-electron chi connectivity index (χ1n) is 9.34. The number of nitrogens with one attached hydrogen (secondary N) is 1. The lowest BCUT2D eigenvalue weighted by molar-refractivity contribution is -0.129. The minimum Gasteiger partial charge on any atom is -0.355 e. The van der Waals surface area contributed by atoms with E-state index in [0.29, 0.717) is 31.8 Å². The Labute approximate surface area is 149 Å². The lowest BCUT2D eigenvalue weighted by atomic mass is 10.1. The fraction of sp³-hybridized carbons (Fsp3) is 0.684. The van der Waals surface area contributed by atoms with Crippen LogP contribution in [0.5, 0.6) is 0 Å². The Kier molecular flexibility index (Phi) is 5.35. The molecule has 1 atom stereocenters. The smallest absolute Gasteiger partial charge is 0.225 e. The van der Waals surface area contributed by atoms with Gasteiger partial charge in [0.25, 0.3) is 0 Å². The van der Waals surface area contributed by atoms with Gasteiger partial charge in [-0.25, -0.2) is 9.97 Å². The number of nitrogens with zero attached hydrogens (tertiary/aromatic N) is 3. The number of aromatic nitrogens is 2. The van der Waals surface area contributed by atoms with Gasteiger partial charge in [-0.3, -0.25) is 9.59 Å². The first-order chi connectivity index (χ1) is 11.9. The average molecular weight is 344 g/mol. The zero-order valence-electron chi connectivity index (χ0n) is 15.5. The molecule has 0 radical (unpaired) electrons. The zero-order valence-corrected chi connectivity index (χ0v) is 15.5. The number of rotatable bonds is 6. The van der Waals surface area contributed by atoms with Crippen LogP contribution in [0.2, 0.25) is 0 Å².